The molecule has 0 atom stereocenters. The number of likely N-dealkylation sites (tertiary alicyclic amines) is 1. The third-order valence-electron chi connectivity index (χ3n) is 4.25. The van der Waals surface area contributed by atoms with Crippen LogP contribution < -0.4 is 5.73 Å². The van der Waals surface area contributed by atoms with Gasteiger partial charge in [-0.2, -0.15) is 0 Å². The number of rotatable bonds is 5. The fraction of sp³-hybridized carbons (Fsp3) is 0.412. The average Bonchev–Trinajstić information content (AvgIpc) is 2.97. The van der Waals surface area contributed by atoms with Gasteiger partial charge < -0.3 is 10.2 Å². The zero-order valence-electron chi connectivity index (χ0n) is 12.9. The molecule has 1 aliphatic heterocycles. The fourth-order valence-electron chi connectivity index (χ4n) is 2.99. The van der Waals surface area contributed by atoms with Crippen molar-refractivity contribution in [1.82, 2.24) is 9.88 Å². The van der Waals surface area contributed by atoms with Crippen LogP contribution in [0.3, 0.4) is 0 Å². The second-order valence-electron chi connectivity index (χ2n) is 5.99. The first-order valence-electron chi connectivity index (χ1n) is 7.82. The lowest BCUT2D eigenvalue weighted by atomic mass is 9.93. The predicted octanol–water partition coefficient (Wildman–Crippen LogP) is 3.08. The molecule has 0 spiro atoms. The number of nitrogens with zero attached hydrogens (tertiary/aromatic N) is 2. The maximum absolute atomic E-state index is 11.0. The summed E-state index contributed by atoms with van der Waals surface area (Å²) in [5.41, 5.74) is 6.12. The molecule has 3 rings (SSSR count). The van der Waals surface area contributed by atoms with Crippen LogP contribution in [0.15, 0.2) is 34.9 Å². The van der Waals surface area contributed by atoms with E-state index in [9.17, 15) is 4.79 Å². The molecule has 1 amide bonds. The molecule has 0 aliphatic carbocycles. The van der Waals surface area contributed by atoms with Crippen molar-refractivity contribution in [2.24, 2.45) is 11.7 Å². The van der Waals surface area contributed by atoms with Gasteiger partial charge in [0.2, 0.25) is 11.8 Å². The quantitative estimate of drug-likeness (QED) is 0.912. The molecule has 0 bridgehead atoms. The molecule has 122 valence electrons. The summed E-state index contributed by atoms with van der Waals surface area (Å²) < 4.78 is 5.83. The number of hydrogen-bond donors (Lipinski definition) is 1. The molecule has 1 aromatic carbocycles. The Bertz CT molecular complexity index is 678. The Hall–Kier alpha value is -1.85. The summed E-state index contributed by atoms with van der Waals surface area (Å²) in [6, 6.07) is 7.57. The minimum absolute atomic E-state index is 0.208. The highest BCUT2D eigenvalue weighted by Gasteiger charge is 2.22. The van der Waals surface area contributed by atoms with Crippen molar-refractivity contribution < 1.29 is 9.21 Å². The van der Waals surface area contributed by atoms with Crippen LogP contribution in [0, 0.1) is 5.92 Å². The Morgan fingerprint density at radius 3 is 2.78 bits per heavy atom. The Kier molecular flexibility index (Phi) is 4.98. The molecule has 6 heteroatoms. The second-order valence-corrected chi connectivity index (χ2v) is 6.40. The van der Waals surface area contributed by atoms with Crippen LogP contribution in [0.25, 0.3) is 11.3 Å². The van der Waals surface area contributed by atoms with Crippen molar-refractivity contribution in [1.29, 1.82) is 0 Å². The number of nitrogens with two attached hydrogens (primary N) is 1. The van der Waals surface area contributed by atoms with E-state index in [0.29, 0.717) is 35.6 Å². The lowest BCUT2D eigenvalue weighted by Crippen LogP contribution is -2.34. The van der Waals surface area contributed by atoms with Gasteiger partial charge in [0.1, 0.15) is 0 Å². The summed E-state index contributed by atoms with van der Waals surface area (Å²) in [5.74, 6) is 1.58. The molecule has 2 heterocycles. The van der Waals surface area contributed by atoms with E-state index in [1.165, 1.54) is 0 Å². The topological polar surface area (TPSA) is 72.4 Å². The van der Waals surface area contributed by atoms with Gasteiger partial charge in [0.15, 0.2) is 5.76 Å². The molecule has 1 saturated heterocycles. The standard InChI is InChI=1S/C17H20ClN3O2/c18-14-4-2-1-3-13(14)15-10-20-17(23-15)11-21-7-5-12(6-8-21)9-16(19)22/h1-4,10,12H,5-9,11H2,(H2,19,22). The summed E-state index contributed by atoms with van der Waals surface area (Å²) in [5, 5.41) is 0.655. The Balaban J connectivity index is 1.58. The molecule has 5 nitrogen and oxygen atoms in total. The molecule has 0 saturated carbocycles. The number of primary amides is 1. The number of hydrogen-bond acceptors (Lipinski definition) is 4. The number of carbonyl (C=O) groups excluding carboxylic acids is 1. The van der Waals surface area contributed by atoms with E-state index in [0.717, 1.165) is 31.5 Å². The minimum atomic E-state index is -0.208. The monoisotopic (exact) mass is 333 g/mol. The zero-order valence-corrected chi connectivity index (χ0v) is 13.6. The summed E-state index contributed by atoms with van der Waals surface area (Å²) in [7, 11) is 0. The van der Waals surface area contributed by atoms with Gasteiger partial charge in [-0.3, -0.25) is 9.69 Å². The third-order valence-corrected chi connectivity index (χ3v) is 4.58. The first-order valence-corrected chi connectivity index (χ1v) is 8.20. The van der Waals surface area contributed by atoms with Gasteiger partial charge in [-0.05, 0) is 44.0 Å². The molecular formula is C17H20ClN3O2. The minimum Gasteiger partial charge on any atom is -0.439 e. The molecular weight excluding hydrogens is 314 g/mol. The number of benzene rings is 1. The number of amides is 1. The maximum Gasteiger partial charge on any atom is 0.217 e. The molecule has 2 aromatic rings. The molecule has 0 radical (unpaired) electrons. The van der Waals surface area contributed by atoms with Crippen molar-refractivity contribution in [3.63, 3.8) is 0 Å². The Morgan fingerprint density at radius 2 is 2.09 bits per heavy atom. The van der Waals surface area contributed by atoms with Crippen molar-refractivity contribution >= 4 is 17.5 Å². The summed E-state index contributed by atoms with van der Waals surface area (Å²) in [6.45, 7) is 2.54. The molecule has 23 heavy (non-hydrogen) atoms. The average molecular weight is 334 g/mol. The van der Waals surface area contributed by atoms with Crippen molar-refractivity contribution in [3.8, 4) is 11.3 Å². The van der Waals surface area contributed by atoms with E-state index in [1.807, 2.05) is 24.3 Å². The highest BCUT2D eigenvalue weighted by Crippen LogP contribution is 2.28. The summed E-state index contributed by atoms with van der Waals surface area (Å²) >= 11 is 6.18. The first-order chi connectivity index (χ1) is 11.1. The van der Waals surface area contributed by atoms with Crippen LogP contribution in [-0.4, -0.2) is 28.9 Å². The molecule has 0 unspecified atom stereocenters. The predicted molar refractivity (Wildman–Crippen MR) is 88.8 cm³/mol. The lowest BCUT2D eigenvalue weighted by molar-refractivity contribution is -0.119. The van der Waals surface area contributed by atoms with Gasteiger partial charge in [-0.15, -0.1) is 0 Å². The van der Waals surface area contributed by atoms with Gasteiger partial charge in [0.25, 0.3) is 0 Å². The van der Waals surface area contributed by atoms with E-state index < -0.39 is 0 Å². The van der Waals surface area contributed by atoms with Gasteiger partial charge in [-0.1, -0.05) is 23.7 Å². The Labute approximate surface area is 140 Å². The van der Waals surface area contributed by atoms with Crippen LogP contribution in [0.5, 0.6) is 0 Å². The van der Waals surface area contributed by atoms with Crippen LogP contribution >= 0.6 is 11.6 Å². The molecule has 2 N–H and O–H groups in total. The van der Waals surface area contributed by atoms with E-state index in [4.69, 9.17) is 21.8 Å². The van der Waals surface area contributed by atoms with E-state index in [-0.39, 0.29) is 5.91 Å². The summed E-state index contributed by atoms with van der Waals surface area (Å²) in [6.07, 6.45) is 4.18. The fourth-order valence-corrected chi connectivity index (χ4v) is 3.22. The maximum atomic E-state index is 11.0. The van der Waals surface area contributed by atoms with Gasteiger partial charge in [-0.25, -0.2) is 4.98 Å². The first kappa shape index (κ1) is 16.0. The number of carbonyl (C=O) groups is 1. The molecule has 1 aliphatic rings. The third kappa shape index (κ3) is 4.12. The lowest BCUT2D eigenvalue weighted by Gasteiger charge is -2.30. The van der Waals surface area contributed by atoms with Gasteiger partial charge in [0.05, 0.1) is 17.8 Å². The van der Waals surface area contributed by atoms with E-state index in [2.05, 4.69) is 9.88 Å². The molecule has 1 aromatic heterocycles. The van der Waals surface area contributed by atoms with Crippen LogP contribution in [0.1, 0.15) is 25.2 Å². The Morgan fingerprint density at radius 1 is 1.35 bits per heavy atom. The number of piperidine rings is 1. The van der Waals surface area contributed by atoms with Gasteiger partial charge in [0, 0.05) is 12.0 Å². The number of oxazole rings is 1. The largest absolute Gasteiger partial charge is 0.439 e. The normalized spacial score (nSPS) is 16.6. The van der Waals surface area contributed by atoms with Crippen LogP contribution in [0.4, 0.5) is 0 Å². The highest BCUT2D eigenvalue weighted by molar-refractivity contribution is 6.33. The zero-order chi connectivity index (χ0) is 16.2. The smallest absolute Gasteiger partial charge is 0.217 e. The number of aromatic nitrogens is 1. The van der Waals surface area contributed by atoms with Crippen molar-refractivity contribution in [2.75, 3.05) is 13.1 Å². The molecule has 1 fully saturated rings. The van der Waals surface area contributed by atoms with E-state index >= 15 is 0 Å². The van der Waals surface area contributed by atoms with Crippen molar-refractivity contribution in [2.45, 2.75) is 25.8 Å². The van der Waals surface area contributed by atoms with Crippen LogP contribution in [-0.2, 0) is 11.3 Å². The van der Waals surface area contributed by atoms with Crippen LogP contribution in [0.2, 0.25) is 5.02 Å². The van der Waals surface area contributed by atoms with Crippen molar-refractivity contribution in [3.05, 3.63) is 41.4 Å². The van der Waals surface area contributed by atoms with Gasteiger partial charge >= 0.3 is 0 Å². The van der Waals surface area contributed by atoms with E-state index in [1.54, 1.807) is 6.20 Å². The SMILES string of the molecule is NC(=O)CC1CCN(Cc2ncc(-c3ccccc3Cl)o2)CC1. The number of halogens is 1. The summed E-state index contributed by atoms with van der Waals surface area (Å²) in [4.78, 5) is 17.6. The highest BCUT2D eigenvalue weighted by atomic mass is 35.5. The second kappa shape index (κ2) is 7.15.